The summed E-state index contributed by atoms with van der Waals surface area (Å²) in [5.41, 5.74) is 2.29. The number of nitrogens with one attached hydrogen (secondary N) is 1. The molecule has 0 aliphatic heterocycles. The minimum Gasteiger partial charge on any atom is -0.481 e. The summed E-state index contributed by atoms with van der Waals surface area (Å²) >= 11 is 0. The van der Waals surface area contributed by atoms with E-state index in [1.54, 1.807) is 24.3 Å². The Balaban J connectivity index is 2.03. The minimum atomic E-state index is -0.558. The third-order valence-corrected chi connectivity index (χ3v) is 3.21. The molecule has 1 amide bonds. The first kappa shape index (κ1) is 15.6. The van der Waals surface area contributed by atoms with Gasteiger partial charge in [-0.15, -0.1) is 0 Å². The molecule has 2 aromatic carbocycles. The van der Waals surface area contributed by atoms with Crippen LogP contribution in [0.4, 0.5) is 5.69 Å². The Kier molecular flexibility index (Phi) is 5.16. The van der Waals surface area contributed by atoms with Crippen LogP contribution in [0.15, 0.2) is 48.5 Å². The van der Waals surface area contributed by atoms with Gasteiger partial charge in [-0.25, -0.2) is 0 Å². The minimum absolute atomic E-state index is 0.200. The van der Waals surface area contributed by atoms with Crippen LogP contribution in [0.25, 0.3) is 0 Å². The largest absolute Gasteiger partial charge is 0.481 e. The third-order valence-electron chi connectivity index (χ3n) is 3.21. The molecule has 2 rings (SSSR count). The molecule has 1 atom stereocenters. The number of hydrogen-bond acceptors (Lipinski definition) is 3. The molecule has 1 unspecified atom stereocenters. The normalized spacial score (nSPS) is 11.3. The fraction of sp³-hybridized carbons (Fsp3) is 0.222. The van der Waals surface area contributed by atoms with Crippen molar-refractivity contribution >= 4 is 11.6 Å². The van der Waals surface area contributed by atoms with Crippen molar-refractivity contribution in [2.75, 3.05) is 5.32 Å². The molecule has 4 heteroatoms. The Bertz CT molecular complexity index is 687. The van der Waals surface area contributed by atoms with E-state index in [9.17, 15) is 4.79 Å². The van der Waals surface area contributed by atoms with Crippen molar-refractivity contribution in [3.05, 3.63) is 59.7 Å². The number of benzene rings is 2. The molecule has 0 spiro atoms. The summed E-state index contributed by atoms with van der Waals surface area (Å²) in [7, 11) is 0. The topological polar surface area (TPSA) is 62.1 Å². The van der Waals surface area contributed by atoms with Gasteiger partial charge in [0.15, 0.2) is 6.10 Å². The van der Waals surface area contributed by atoms with Crippen LogP contribution in [-0.2, 0) is 4.79 Å². The summed E-state index contributed by atoms with van der Waals surface area (Å²) in [6.45, 7) is 3.88. The summed E-state index contributed by atoms with van der Waals surface area (Å²) in [4.78, 5) is 12.3. The maximum Gasteiger partial charge on any atom is 0.265 e. The Morgan fingerprint density at radius 2 is 2.00 bits per heavy atom. The van der Waals surface area contributed by atoms with E-state index in [4.69, 9.17) is 10.00 Å². The van der Waals surface area contributed by atoms with Crippen LogP contribution in [0.5, 0.6) is 5.75 Å². The highest BCUT2D eigenvalue weighted by Gasteiger charge is 2.18. The molecule has 0 saturated heterocycles. The molecule has 0 fully saturated rings. The molecule has 4 nitrogen and oxygen atoms in total. The number of carbonyl (C=O) groups is 1. The molecule has 0 aromatic heterocycles. The zero-order valence-electron chi connectivity index (χ0n) is 12.7. The number of nitriles is 1. The van der Waals surface area contributed by atoms with Gasteiger partial charge < -0.3 is 10.1 Å². The second kappa shape index (κ2) is 7.28. The van der Waals surface area contributed by atoms with Crippen molar-refractivity contribution in [3.8, 4) is 11.8 Å². The van der Waals surface area contributed by atoms with Gasteiger partial charge in [-0.2, -0.15) is 5.26 Å². The molecular formula is C18H18N2O2. The summed E-state index contributed by atoms with van der Waals surface area (Å²) in [5.74, 6) is 0.482. The predicted octanol–water partition coefficient (Wildman–Crippen LogP) is 3.66. The van der Waals surface area contributed by atoms with E-state index in [-0.39, 0.29) is 5.91 Å². The van der Waals surface area contributed by atoms with Crippen molar-refractivity contribution in [3.63, 3.8) is 0 Å². The molecule has 0 aliphatic rings. The van der Waals surface area contributed by atoms with Gasteiger partial charge in [0.2, 0.25) is 0 Å². The highest BCUT2D eigenvalue weighted by atomic mass is 16.5. The Hall–Kier alpha value is -2.80. The number of nitrogens with zero attached hydrogens (tertiary/aromatic N) is 1. The zero-order valence-corrected chi connectivity index (χ0v) is 12.7. The molecule has 0 aliphatic carbocycles. The van der Waals surface area contributed by atoms with Crippen molar-refractivity contribution in [1.82, 2.24) is 0 Å². The van der Waals surface area contributed by atoms with Gasteiger partial charge in [0.05, 0.1) is 11.6 Å². The third kappa shape index (κ3) is 4.10. The van der Waals surface area contributed by atoms with E-state index in [0.717, 1.165) is 5.56 Å². The maximum atomic E-state index is 12.3. The average Bonchev–Trinajstić information content (AvgIpc) is 2.53. The van der Waals surface area contributed by atoms with Gasteiger partial charge in [0, 0.05) is 5.69 Å². The first-order chi connectivity index (χ1) is 10.6. The predicted molar refractivity (Wildman–Crippen MR) is 85.7 cm³/mol. The molecule has 22 heavy (non-hydrogen) atoms. The molecule has 0 bridgehead atoms. The van der Waals surface area contributed by atoms with Gasteiger partial charge in [0.1, 0.15) is 5.75 Å². The number of ether oxygens (including phenoxy) is 1. The van der Waals surface area contributed by atoms with Crippen LogP contribution in [0, 0.1) is 18.3 Å². The highest BCUT2D eigenvalue weighted by Crippen LogP contribution is 2.17. The van der Waals surface area contributed by atoms with Gasteiger partial charge in [-0.3, -0.25) is 4.79 Å². The van der Waals surface area contributed by atoms with E-state index >= 15 is 0 Å². The standard InChI is InChI=1S/C18H18N2O2/c1-3-17(22-16-6-4-5-13(2)11-16)18(21)20-15-9-7-14(12-19)8-10-15/h4-11,17H,3H2,1-2H3,(H,20,21). The van der Waals surface area contributed by atoms with Crippen LogP contribution >= 0.6 is 0 Å². The van der Waals surface area contributed by atoms with Crippen LogP contribution in [-0.4, -0.2) is 12.0 Å². The maximum absolute atomic E-state index is 12.3. The zero-order chi connectivity index (χ0) is 15.9. The smallest absolute Gasteiger partial charge is 0.265 e. The first-order valence-corrected chi connectivity index (χ1v) is 7.16. The van der Waals surface area contributed by atoms with Crippen LogP contribution in [0.2, 0.25) is 0 Å². The molecule has 0 radical (unpaired) electrons. The van der Waals surface area contributed by atoms with Crippen molar-refractivity contribution in [2.45, 2.75) is 26.4 Å². The summed E-state index contributed by atoms with van der Waals surface area (Å²) in [5, 5.41) is 11.6. The van der Waals surface area contributed by atoms with Crippen molar-refractivity contribution in [1.29, 1.82) is 5.26 Å². The number of amides is 1. The monoisotopic (exact) mass is 294 g/mol. The van der Waals surface area contributed by atoms with E-state index in [1.807, 2.05) is 44.2 Å². The summed E-state index contributed by atoms with van der Waals surface area (Å²) in [6, 6.07) is 16.4. The molecular weight excluding hydrogens is 276 g/mol. The van der Waals surface area contributed by atoms with Crippen molar-refractivity contribution < 1.29 is 9.53 Å². The van der Waals surface area contributed by atoms with Gasteiger partial charge in [0.25, 0.3) is 5.91 Å². The Morgan fingerprint density at radius 3 is 2.59 bits per heavy atom. The Labute approximate surface area is 130 Å². The molecule has 2 aromatic rings. The lowest BCUT2D eigenvalue weighted by Gasteiger charge is -2.17. The van der Waals surface area contributed by atoms with Crippen LogP contribution in [0.1, 0.15) is 24.5 Å². The van der Waals surface area contributed by atoms with E-state index in [2.05, 4.69) is 5.32 Å². The quantitative estimate of drug-likeness (QED) is 0.915. The molecule has 112 valence electrons. The van der Waals surface area contributed by atoms with Crippen molar-refractivity contribution in [2.24, 2.45) is 0 Å². The average molecular weight is 294 g/mol. The fourth-order valence-corrected chi connectivity index (χ4v) is 2.03. The van der Waals surface area contributed by atoms with Gasteiger partial charge in [-0.1, -0.05) is 19.1 Å². The number of aryl methyl sites for hydroxylation is 1. The van der Waals surface area contributed by atoms with Crippen LogP contribution in [0.3, 0.4) is 0 Å². The van der Waals surface area contributed by atoms with Gasteiger partial charge in [-0.05, 0) is 55.3 Å². The second-order valence-corrected chi connectivity index (χ2v) is 5.01. The molecule has 0 heterocycles. The lowest BCUT2D eigenvalue weighted by atomic mass is 10.2. The number of hydrogen-bond donors (Lipinski definition) is 1. The summed E-state index contributed by atoms with van der Waals surface area (Å²) in [6.07, 6.45) is 0.00761. The highest BCUT2D eigenvalue weighted by molar-refractivity contribution is 5.94. The fourth-order valence-electron chi connectivity index (χ4n) is 2.03. The van der Waals surface area contributed by atoms with E-state index < -0.39 is 6.10 Å². The summed E-state index contributed by atoms with van der Waals surface area (Å²) < 4.78 is 5.76. The number of rotatable bonds is 5. The van der Waals surface area contributed by atoms with E-state index in [1.165, 1.54) is 0 Å². The SMILES string of the molecule is CCC(Oc1cccc(C)c1)C(=O)Nc1ccc(C#N)cc1. The molecule has 0 saturated carbocycles. The van der Waals surface area contributed by atoms with Gasteiger partial charge >= 0.3 is 0 Å². The van der Waals surface area contributed by atoms with E-state index in [0.29, 0.717) is 23.4 Å². The number of carbonyl (C=O) groups excluding carboxylic acids is 1. The Morgan fingerprint density at radius 1 is 1.27 bits per heavy atom. The second-order valence-electron chi connectivity index (χ2n) is 5.01. The lowest BCUT2D eigenvalue weighted by molar-refractivity contribution is -0.122. The van der Waals surface area contributed by atoms with Crippen LogP contribution < -0.4 is 10.1 Å². The molecule has 1 N–H and O–H groups in total. The lowest BCUT2D eigenvalue weighted by Crippen LogP contribution is -2.32. The number of anilines is 1. The first-order valence-electron chi connectivity index (χ1n) is 7.16.